The Morgan fingerprint density at radius 3 is 2.01 bits per heavy atom. The van der Waals surface area contributed by atoms with Crippen molar-refractivity contribution in [3.05, 3.63) is 209 Å². The molecule has 1 radical (unpaired) electrons. The summed E-state index contributed by atoms with van der Waals surface area (Å²) in [5.41, 5.74) is 22.9. The highest BCUT2D eigenvalue weighted by atomic mass is 32.1. The number of fused-ring (bicyclic) bond motifs is 19. The maximum Gasteiger partial charge on any atom is 0.197 e. The Hall–Kier alpha value is -7.34. The molecular weight excluding hydrogens is 844 g/mol. The monoisotopic (exact) mass is 889 g/mol. The topological polar surface area (TPSA) is 28.4 Å². The summed E-state index contributed by atoms with van der Waals surface area (Å²) in [6, 6.07) is 66.1. The Kier molecular flexibility index (Phi) is 7.65. The molecule has 15 rings (SSSR count). The van der Waals surface area contributed by atoms with Crippen LogP contribution in [0, 0.1) is 0 Å². The zero-order chi connectivity index (χ0) is 45.3. The van der Waals surface area contributed by atoms with E-state index in [4.69, 9.17) is 4.42 Å². The van der Waals surface area contributed by atoms with Crippen LogP contribution < -0.4 is 21.1 Å². The summed E-state index contributed by atoms with van der Waals surface area (Å²) in [4.78, 5) is 2.65. The third-order valence-corrected chi connectivity index (χ3v) is 17.5. The van der Waals surface area contributed by atoms with Crippen molar-refractivity contribution in [2.75, 3.05) is 10.2 Å². The minimum atomic E-state index is -0.495. The molecule has 0 saturated heterocycles. The molecule has 0 fully saturated rings. The highest BCUT2D eigenvalue weighted by molar-refractivity contribution is 7.26. The molecule has 5 heteroatoms. The summed E-state index contributed by atoms with van der Waals surface area (Å²) in [7, 11) is 2.51. The van der Waals surface area contributed by atoms with Crippen LogP contribution in [-0.2, 0) is 16.2 Å². The predicted molar refractivity (Wildman–Crippen MR) is 288 cm³/mol. The van der Waals surface area contributed by atoms with E-state index in [-0.39, 0.29) is 10.8 Å². The first kappa shape index (κ1) is 38.7. The summed E-state index contributed by atoms with van der Waals surface area (Å²) in [5.74, 6) is 0. The smallest absolute Gasteiger partial charge is 0.197 e. The lowest BCUT2D eigenvalue weighted by atomic mass is 9.54. The van der Waals surface area contributed by atoms with Crippen molar-refractivity contribution in [3.8, 4) is 22.3 Å². The van der Waals surface area contributed by atoms with E-state index >= 15 is 0 Å². The molecule has 0 saturated carbocycles. The maximum absolute atomic E-state index is 6.77. The van der Waals surface area contributed by atoms with Crippen molar-refractivity contribution >= 4 is 100 Å². The van der Waals surface area contributed by atoms with Gasteiger partial charge in [-0.15, -0.1) is 11.3 Å². The summed E-state index contributed by atoms with van der Waals surface area (Å²) in [6.07, 6.45) is 2.34. The summed E-state index contributed by atoms with van der Waals surface area (Å²) in [5, 5.41) is 8.85. The summed E-state index contributed by atoms with van der Waals surface area (Å²) in [6.45, 7) is 9.63. The van der Waals surface area contributed by atoms with Gasteiger partial charge in [0.1, 0.15) is 11.2 Å². The lowest BCUT2D eigenvalue weighted by Crippen LogP contribution is -2.47. The average molecular weight is 890 g/mol. The van der Waals surface area contributed by atoms with Gasteiger partial charge in [-0.1, -0.05) is 161 Å². The fourth-order valence-corrected chi connectivity index (χ4v) is 14.4. The van der Waals surface area contributed by atoms with Crippen LogP contribution in [-0.4, -0.2) is 7.28 Å². The van der Waals surface area contributed by atoms with E-state index in [0.29, 0.717) is 0 Å². The Balaban J connectivity index is 1.05. The summed E-state index contributed by atoms with van der Waals surface area (Å²) >= 11 is 1.91. The normalized spacial score (nSPS) is 16.3. The number of anilines is 5. The number of thiophene rings is 1. The van der Waals surface area contributed by atoms with E-state index in [1.54, 1.807) is 0 Å². The molecule has 0 atom stereocenters. The zero-order valence-corrected chi connectivity index (χ0v) is 39.3. The second-order valence-electron chi connectivity index (χ2n) is 20.9. The third-order valence-electron chi connectivity index (χ3n) is 16.3. The van der Waals surface area contributed by atoms with E-state index in [2.05, 4.69) is 221 Å². The van der Waals surface area contributed by atoms with Crippen LogP contribution in [0.4, 0.5) is 28.4 Å². The first-order valence-corrected chi connectivity index (χ1v) is 24.9. The van der Waals surface area contributed by atoms with Crippen molar-refractivity contribution in [1.29, 1.82) is 0 Å². The fraction of sp³-hybridized carbons (Fsp3) is 0.143. The van der Waals surface area contributed by atoms with Gasteiger partial charge in [-0.3, -0.25) is 0 Å². The van der Waals surface area contributed by atoms with Crippen LogP contribution >= 0.6 is 11.3 Å². The Morgan fingerprint density at radius 1 is 0.529 bits per heavy atom. The van der Waals surface area contributed by atoms with E-state index in [1.165, 1.54) is 105 Å². The molecule has 2 aliphatic heterocycles. The van der Waals surface area contributed by atoms with Gasteiger partial charge in [-0.2, -0.15) is 0 Å². The Morgan fingerprint density at radius 2 is 1.21 bits per heavy atom. The van der Waals surface area contributed by atoms with Crippen LogP contribution in [0.25, 0.3) is 64.4 Å². The largest absolute Gasteiger partial charge is 0.456 e. The lowest BCUT2D eigenvalue weighted by Gasteiger charge is -2.48. The number of rotatable bonds is 3. The van der Waals surface area contributed by atoms with Gasteiger partial charge in [-0.05, 0) is 128 Å². The van der Waals surface area contributed by atoms with Crippen LogP contribution in [0.3, 0.4) is 0 Å². The highest BCUT2D eigenvalue weighted by Gasteiger charge is 2.53. The van der Waals surface area contributed by atoms with Gasteiger partial charge >= 0.3 is 0 Å². The maximum atomic E-state index is 6.77. The SMILES string of the molecule is CC1(C)CCC(C)(C)c2cc(Nc3ccc4oc5ccccc5c4c3-c3cc4c(sc5ccccc54)c4c3[B]c3cccc5c3N4c3ccccc3C53c4ccccc4-c4ccccc43)ccc21. The van der Waals surface area contributed by atoms with Crippen molar-refractivity contribution in [1.82, 2.24) is 0 Å². The van der Waals surface area contributed by atoms with Crippen molar-refractivity contribution < 1.29 is 4.42 Å². The van der Waals surface area contributed by atoms with E-state index in [0.717, 1.165) is 45.3 Å². The van der Waals surface area contributed by atoms with Crippen molar-refractivity contribution in [2.45, 2.75) is 56.8 Å². The molecule has 11 aromatic rings. The lowest BCUT2D eigenvalue weighted by molar-refractivity contribution is 0.332. The molecule has 2 aromatic heterocycles. The van der Waals surface area contributed by atoms with Crippen LogP contribution in [0.2, 0.25) is 0 Å². The highest BCUT2D eigenvalue weighted by Crippen LogP contribution is 2.64. The van der Waals surface area contributed by atoms with Crippen LogP contribution in [0.1, 0.15) is 73.9 Å². The van der Waals surface area contributed by atoms with E-state index in [9.17, 15) is 0 Å². The van der Waals surface area contributed by atoms with E-state index in [1.807, 2.05) is 11.3 Å². The van der Waals surface area contributed by atoms with Crippen molar-refractivity contribution in [3.63, 3.8) is 0 Å². The number of furan rings is 1. The van der Waals surface area contributed by atoms with Crippen LogP contribution in [0.5, 0.6) is 0 Å². The molecule has 0 amide bonds. The van der Waals surface area contributed by atoms with Gasteiger partial charge in [0.15, 0.2) is 7.28 Å². The van der Waals surface area contributed by atoms with Crippen molar-refractivity contribution in [2.24, 2.45) is 0 Å². The molecule has 0 unspecified atom stereocenters. The second-order valence-corrected chi connectivity index (χ2v) is 21.9. The number of hydrogen-bond donors (Lipinski definition) is 1. The Labute approximate surface area is 400 Å². The first-order chi connectivity index (χ1) is 33.2. The zero-order valence-electron chi connectivity index (χ0n) is 38.5. The molecule has 0 bridgehead atoms. The van der Waals surface area contributed by atoms with Gasteiger partial charge in [0.2, 0.25) is 0 Å². The Bertz CT molecular complexity index is 3970. The minimum Gasteiger partial charge on any atom is -0.456 e. The number of para-hydroxylation sites is 3. The van der Waals surface area contributed by atoms with E-state index < -0.39 is 5.41 Å². The predicted octanol–water partition coefficient (Wildman–Crippen LogP) is 15.8. The average Bonchev–Trinajstić information content (AvgIpc) is 4.03. The minimum absolute atomic E-state index is 0.0768. The van der Waals surface area contributed by atoms with Gasteiger partial charge < -0.3 is 14.6 Å². The van der Waals surface area contributed by atoms with Gasteiger partial charge in [-0.25, -0.2) is 0 Å². The molecule has 2 aliphatic carbocycles. The molecule has 4 aliphatic rings. The van der Waals surface area contributed by atoms with Crippen LogP contribution in [0.15, 0.2) is 180 Å². The standard InChI is InChI=1S/C63H46BN2OS/c1-61(2)32-33-62(3,4)48-34-36(28-29-45(48)61)65-50-30-31-53-56(40-19-7-13-26-52(40)67-53)55(50)42-35-41-39-18-8-14-27-54(39)68-60(41)59-57(42)64-49-24-15-23-47-58(49)66(59)51-25-12-11-22-46(51)63(47)43-20-9-5-16-37(43)38-17-6-10-21-44(38)63/h5-31,34-35,65H,32-33H2,1-4H3. The first-order valence-electron chi connectivity index (χ1n) is 24.1. The number of nitrogens with zero attached hydrogens (tertiary/aromatic N) is 1. The molecule has 323 valence electrons. The number of hydrogen-bond acceptors (Lipinski definition) is 4. The van der Waals surface area contributed by atoms with Gasteiger partial charge in [0, 0.05) is 48.9 Å². The molecule has 1 spiro atoms. The molecular formula is C63H46BN2OS. The summed E-state index contributed by atoms with van der Waals surface area (Å²) < 4.78 is 9.34. The third kappa shape index (κ3) is 4.94. The quantitative estimate of drug-likeness (QED) is 0.179. The molecule has 1 N–H and O–H groups in total. The molecule has 68 heavy (non-hydrogen) atoms. The second kappa shape index (κ2) is 13.4. The number of nitrogens with one attached hydrogen (secondary N) is 1. The molecule has 4 heterocycles. The van der Waals surface area contributed by atoms with Gasteiger partial charge in [0.05, 0.1) is 21.5 Å². The molecule has 3 nitrogen and oxygen atoms in total. The van der Waals surface area contributed by atoms with Gasteiger partial charge in [0.25, 0.3) is 0 Å². The molecule has 9 aromatic carbocycles. The number of benzene rings is 9. The fourth-order valence-electron chi connectivity index (χ4n) is 13.1.